The molecular weight excluding hydrogens is 280 g/mol. The molecule has 0 amide bonds. The first kappa shape index (κ1) is 14.9. The van der Waals surface area contributed by atoms with Crippen LogP contribution in [0.1, 0.15) is 16.7 Å². The third-order valence-electron chi connectivity index (χ3n) is 3.45. The van der Waals surface area contributed by atoms with Crippen molar-refractivity contribution in [3.63, 3.8) is 0 Å². The first-order chi connectivity index (χ1) is 11.4. The molecule has 0 aliphatic rings. The molecule has 23 heavy (non-hydrogen) atoms. The first-order valence-electron chi connectivity index (χ1n) is 7.74. The van der Waals surface area contributed by atoms with Crippen molar-refractivity contribution in [1.29, 1.82) is 0 Å². The zero-order valence-electron chi connectivity index (χ0n) is 12.9. The highest BCUT2D eigenvalue weighted by atomic mass is 16.5. The van der Waals surface area contributed by atoms with Gasteiger partial charge >= 0.3 is 0 Å². The SMILES string of the molecule is C(#Cc1cccc(CCOc2ccccc2)c1)c1ccccc1. The van der Waals surface area contributed by atoms with Gasteiger partial charge in [0, 0.05) is 17.5 Å². The summed E-state index contributed by atoms with van der Waals surface area (Å²) in [6.07, 6.45) is 0.871. The van der Waals surface area contributed by atoms with E-state index in [0.717, 1.165) is 23.3 Å². The summed E-state index contributed by atoms with van der Waals surface area (Å²) in [6.45, 7) is 0.666. The van der Waals surface area contributed by atoms with Gasteiger partial charge in [-0.05, 0) is 42.0 Å². The van der Waals surface area contributed by atoms with Crippen molar-refractivity contribution < 1.29 is 4.74 Å². The minimum atomic E-state index is 0.666. The standard InChI is InChI=1S/C22H18O/c1-3-8-19(9-4-1)14-15-20-10-7-11-21(18-20)16-17-23-22-12-5-2-6-13-22/h1-13,18H,16-17H2. The summed E-state index contributed by atoms with van der Waals surface area (Å²) < 4.78 is 5.74. The largest absolute Gasteiger partial charge is 0.493 e. The Labute approximate surface area is 137 Å². The number of hydrogen-bond acceptors (Lipinski definition) is 1. The van der Waals surface area contributed by atoms with Crippen LogP contribution in [0, 0.1) is 11.8 Å². The maximum Gasteiger partial charge on any atom is 0.119 e. The van der Waals surface area contributed by atoms with Crippen LogP contribution in [0.3, 0.4) is 0 Å². The third-order valence-corrected chi connectivity index (χ3v) is 3.45. The molecule has 0 bridgehead atoms. The van der Waals surface area contributed by atoms with E-state index in [-0.39, 0.29) is 0 Å². The van der Waals surface area contributed by atoms with Crippen molar-refractivity contribution in [3.05, 3.63) is 102 Å². The second-order valence-electron chi connectivity index (χ2n) is 5.23. The highest BCUT2D eigenvalue weighted by Crippen LogP contribution is 2.10. The molecule has 0 aliphatic carbocycles. The van der Waals surface area contributed by atoms with E-state index in [0.29, 0.717) is 6.61 Å². The normalized spacial score (nSPS) is 9.74. The molecule has 0 unspecified atom stereocenters. The number of hydrogen-bond donors (Lipinski definition) is 0. The van der Waals surface area contributed by atoms with E-state index < -0.39 is 0 Å². The quantitative estimate of drug-likeness (QED) is 0.634. The van der Waals surface area contributed by atoms with Crippen LogP contribution in [0.25, 0.3) is 0 Å². The Morgan fingerprint density at radius 2 is 1.30 bits per heavy atom. The van der Waals surface area contributed by atoms with Gasteiger partial charge < -0.3 is 4.74 Å². The van der Waals surface area contributed by atoms with Crippen molar-refractivity contribution in [3.8, 4) is 17.6 Å². The zero-order chi connectivity index (χ0) is 15.7. The second-order valence-corrected chi connectivity index (χ2v) is 5.23. The number of benzene rings is 3. The van der Waals surface area contributed by atoms with E-state index in [2.05, 4.69) is 24.0 Å². The van der Waals surface area contributed by atoms with Crippen LogP contribution in [0.15, 0.2) is 84.9 Å². The fourth-order valence-corrected chi connectivity index (χ4v) is 2.27. The van der Waals surface area contributed by atoms with Crippen LogP contribution in [0.4, 0.5) is 0 Å². The summed E-state index contributed by atoms with van der Waals surface area (Å²) in [5.41, 5.74) is 3.30. The van der Waals surface area contributed by atoms with Crippen molar-refractivity contribution in [2.75, 3.05) is 6.61 Å². The van der Waals surface area contributed by atoms with Crippen LogP contribution < -0.4 is 4.74 Å². The summed E-state index contributed by atoms with van der Waals surface area (Å²) in [4.78, 5) is 0. The highest BCUT2D eigenvalue weighted by molar-refractivity contribution is 5.43. The molecular formula is C22H18O. The Bertz CT molecular complexity index is 795. The van der Waals surface area contributed by atoms with Crippen LogP contribution in [-0.4, -0.2) is 6.61 Å². The summed E-state index contributed by atoms with van der Waals surface area (Å²) in [5.74, 6) is 7.32. The highest BCUT2D eigenvalue weighted by Gasteiger charge is 1.96. The molecule has 0 aromatic heterocycles. The molecule has 1 heteroatoms. The summed E-state index contributed by atoms with van der Waals surface area (Å²) in [7, 11) is 0. The van der Waals surface area contributed by atoms with Gasteiger partial charge in [-0.15, -0.1) is 0 Å². The predicted octanol–water partition coefficient (Wildman–Crippen LogP) is 4.71. The lowest BCUT2D eigenvalue weighted by Crippen LogP contribution is -2.01. The summed E-state index contributed by atoms with van der Waals surface area (Å²) >= 11 is 0. The first-order valence-corrected chi connectivity index (χ1v) is 7.74. The van der Waals surface area contributed by atoms with E-state index in [1.807, 2.05) is 72.8 Å². The Balaban J connectivity index is 1.60. The monoisotopic (exact) mass is 298 g/mol. The predicted molar refractivity (Wildman–Crippen MR) is 94.5 cm³/mol. The average Bonchev–Trinajstić information content (AvgIpc) is 2.62. The topological polar surface area (TPSA) is 9.23 Å². The molecule has 0 saturated carbocycles. The van der Waals surface area contributed by atoms with E-state index in [9.17, 15) is 0 Å². The fourth-order valence-electron chi connectivity index (χ4n) is 2.27. The molecule has 0 saturated heterocycles. The van der Waals surface area contributed by atoms with Gasteiger partial charge in [-0.3, -0.25) is 0 Å². The lowest BCUT2D eigenvalue weighted by Gasteiger charge is -2.06. The van der Waals surface area contributed by atoms with Gasteiger partial charge in [-0.1, -0.05) is 60.4 Å². The Morgan fingerprint density at radius 3 is 2.09 bits per heavy atom. The van der Waals surface area contributed by atoms with E-state index in [4.69, 9.17) is 4.74 Å². The van der Waals surface area contributed by atoms with Gasteiger partial charge in [0.2, 0.25) is 0 Å². The molecule has 1 nitrogen and oxygen atoms in total. The maximum absolute atomic E-state index is 5.74. The van der Waals surface area contributed by atoms with Crippen LogP contribution in [-0.2, 0) is 6.42 Å². The average molecular weight is 298 g/mol. The van der Waals surface area contributed by atoms with Gasteiger partial charge in [-0.25, -0.2) is 0 Å². The van der Waals surface area contributed by atoms with Crippen LogP contribution in [0.5, 0.6) is 5.75 Å². The molecule has 0 radical (unpaired) electrons. The molecule has 3 aromatic rings. The maximum atomic E-state index is 5.74. The van der Waals surface area contributed by atoms with Gasteiger partial charge in [0.25, 0.3) is 0 Å². The summed E-state index contributed by atoms with van der Waals surface area (Å²) in [5, 5.41) is 0. The number of ether oxygens (including phenoxy) is 1. The smallest absolute Gasteiger partial charge is 0.119 e. The lowest BCUT2D eigenvalue weighted by molar-refractivity contribution is 0.322. The van der Waals surface area contributed by atoms with E-state index in [1.165, 1.54) is 5.56 Å². The Morgan fingerprint density at radius 1 is 0.652 bits per heavy atom. The minimum absolute atomic E-state index is 0.666. The Kier molecular flexibility index (Phi) is 5.11. The van der Waals surface area contributed by atoms with Crippen molar-refractivity contribution in [2.45, 2.75) is 6.42 Å². The van der Waals surface area contributed by atoms with Crippen LogP contribution >= 0.6 is 0 Å². The number of rotatable bonds is 4. The van der Waals surface area contributed by atoms with Gasteiger partial charge in [0.15, 0.2) is 0 Å². The molecule has 3 rings (SSSR count). The molecule has 0 spiro atoms. The third kappa shape index (κ3) is 4.76. The van der Waals surface area contributed by atoms with Gasteiger partial charge in [0.1, 0.15) is 5.75 Å². The van der Waals surface area contributed by atoms with Crippen LogP contribution in [0.2, 0.25) is 0 Å². The van der Waals surface area contributed by atoms with Gasteiger partial charge in [-0.2, -0.15) is 0 Å². The fraction of sp³-hybridized carbons (Fsp3) is 0.0909. The zero-order valence-corrected chi connectivity index (χ0v) is 12.9. The van der Waals surface area contributed by atoms with Crippen molar-refractivity contribution in [2.24, 2.45) is 0 Å². The summed E-state index contributed by atoms with van der Waals surface area (Å²) in [6, 6.07) is 28.3. The van der Waals surface area contributed by atoms with Crippen molar-refractivity contribution >= 4 is 0 Å². The molecule has 0 N–H and O–H groups in total. The second kappa shape index (κ2) is 7.87. The van der Waals surface area contributed by atoms with E-state index >= 15 is 0 Å². The number of para-hydroxylation sites is 1. The van der Waals surface area contributed by atoms with Crippen molar-refractivity contribution in [1.82, 2.24) is 0 Å². The van der Waals surface area contributed by atoms with E-state index in [1.54, 1.807) is 0 Å². The Hall–Kier alpha value is -2.98. The molecule has 0 aliphatic heterocycles. The molecule has 112 valence electrons. The minimum Gasteiger partial charge on any atom is -0.493 e. The lowest BCUT2D eigenvalue weighted by atomic mass is 10.1. The molecule has 0 heterocycles. The molecule has 0 atom stereocenters. The molecule has 3 aromatic carbocycles. The molecule has 0 fully saturated rings. The van der Waals surface area contributed by atoms with Gasteiger partial charge in [0.05, 0.1) is 6.61 Å².